The Morgan fingerprint density at radius 1 is 1.56 bits per heavy atom. The maximum Gasteiger partial charge on any atom is 0.224 e. The van der Waals surface area contributed by atoms with Crippen LogP contribution in [-0.4, -0.2) is 23.5 Å². The molecule has 4 nitrogen and oxygen atoms in total. The van der Waals surface area contributed by atoms with Crippen molar-refractivity contribution in [3.05, 3.63) is 23.5 Å². The third-order valence-electron chi connectivity index (χ3n) is 3.17. The van der Waals surface area contributed by atoms with Crippen LogP contribution in [0.25, 0.3) is 0 Å². The summed E-state index contributed by atoms with van der Waals surface area (Å²) in [5.41, 5.74) is 0.584. The molecule has 1 aliphatic heterocycles. The number of carbonyl (C=O) groups is 1. The molecule has 2 heterocycles. The first-order chi connectivity index (χ1) is 8.75. The number of piperidine rings is 1. The lowest BCUT2D eigenvalue weighted by Crippen LogP contribution is -2.34. The number of rotatable bonds is 4. The molecule has 0 aliphatic carbocycles. The third kappa shape index (κ3) is 3.96. The van der Waals surface area contributed by atoms with Crippen molar-refractivity contribution in [3.63, 3.8) is 0 Å². The van der Waals surface area contributed by atoms with Crippen molar-refractivity contribution in [2.24, 2.45) is 0 Å². The van der Waals surface area contributed by atoms with Crippen LogP contribution >= 0.6 is 11.6 Å². The van der Waals surface area contributed by atoms with Crippen LogP contribution < -0.4 is 10.6 Å². The molecule has 1 unspecified atom stereocenters. The molecule has 2 N–H and O–H groups in total. The molecule has 0 bridgehead atoms. The summed E-state index contributed by atoms with van der Waals surface area (Å²) >= 11 is 5.95. The largest absolute Gasteiger partial charge is 0.324 e. The molecule has 18 heavy (non-hydrogen) atoms. The maximum absolute atomic E-state index is 11.8. The number of nitrogens with zero attached hydrogens (tertiary/aromatic N) is 1. The first-order valence-electron chi connectivity index (χ1n) is 6.38. The molecule has 2 rings (SSSR count). The first-order valence-corrected chi connectivity index (χ1v) is 6.76. The Hall–Kier alpha value is -1.13. The van der Waals surface area contributed by atoms with Gasteiger partial charge >= 0.3 is 0 Å². The molecule has 98 valence electrons. The standard InChI is InChI=1S/C13H18ClN3O/c14-11-6-8-15-9-12(11)17-13(18)5-4-10-3-1-2-7-16-10/h6,8-10,16H,1-5,7H2,(H,17,18). The SMILES string of the molecule is O=C(CCC1CCCCN1)Nc1cnccc1Cl. The molecule has 1 saturated heterocycles. The molecule has 1 aliphatic rings. The second-order valence-electron chi connectivity index (χ2n) is 4.59. The number of amides is 1. The summed E-state index contributed by atoms with van der Waals surface area (Å²) in [7, 11) is 0. The molecule has 1 aromatic heterocycles. The lowest BCUT2D eigenvalue weighted by molar-refractivity contribution is -0.116. The number of anilines is 1. The van der Waals surface area contributed by atoms with E-state index < -0.39 is 0 Å². The number of carbonyl (C=O) groups excluding carboxylic acids is 1. The summed E-state index contributed by atoms with van der Waals surface area (Å²) in [5, 5.41) is 6.74. The molecule has 0 spiro atoms. The van der Waals surface area contributed by atoms with E-state index in [2.05, 4.69) is 15.6 Å². The van der Waals surface area contributed by atoms with E-state index in [4.69, 9.17) is 11.6 Å². The van der Waals surface area contributed by atoms with Crippen molar-refractivity contribution in [2.75, 3.05) is 11.9 Å². The Morgan fingerprint density at radius 2 is 2.44 bits per heavy atom. The van der Waals surface area contributed by atoms with Crippen molar-refractivity contribution in [2.45, 2.75) is 38.1 Å². The van der Waals surface area contributed by atoms with Crippen molar-refractivity contribution < 1.29 is 4.79 Å². The van der Waals surface area contributed by atoms with Crippen LogP contribution in [0.5, 0.6) is 0 Å². The summed E-state index contributed by atoms with van der Waals surface area (Å²) < 4.78 is 0. The van der Waals surface area contributed by atoms with Crippen molar-refractivity contribution in [1.29, 1.82) is 0 Å². The second kappa shape index (κ2) is 6.71. The predicted molar refractivity (Wildman–Crippen MR) is 72.8 cm³/mol. The molecule has 1 amide bonds. The van der Waals surface area contributed by atoms with Gasteiger partial charge in [-0.05, 0) is 31.9 Å². The van der Waals surface area contributed by atoms with Crippen LogP contribution in [0.3, 0.4) is 0 Å². The fraction of sp³-hybridized carbons (Fsp3) is 0.538. The Kier molecular flexibility index (Phi) is 4.96. The van der Waals surface area contributed by atoms with Crippen molar-refractivity contribution in [1.82, 2.24) is 10.3 Å². The van der Waals surface area contributed by atoms with E-state index in [0.717, 1.165) is 13.0 Å². The lowest BCUT2D eigenvalue weighted by atomic mass is 10.0. The van der Waals surface area contributed by atoms with E-state index in [9.17, 15) is 4.79 Å². The highest BCUT2D eigenvalue weighted by Gasteiger charge is 2.14. The van der Waals surface area contributed by atoms with E-state index in [1.54, 1.807) is 18.5 Å². The molecule has 1 atom stereocenters. The number of pyridine rings is 1. The minimum absolute atomic E-state index is 0.00252. The molecule has 0 radical (unpaired) electrons. The summed E-state index contributed by atoms with van der Waals surface area (Å²) in [4.78, 5) is 15.7. The van der Waals surface area contributed by atoms with Crippen molar-refractivity contribution in [3.8, 4) is 0 Å². The lowest BCUT2D eigenvalue weighted by Gasteiger charge is -2.23. The minimum Gasteiger partial charge on any atom is -0.324 e. The zero-order valence-electron chi connectivity index (χ0n) is 10.3. The summed E-state index contributed by atoms with van der Waals surface area (Å²) in [5.74, 6) is -0.00252. The zero-order chi connectivity index (χ0) is 12.8. The molecule has 0 aromatic carbocycles. The van der Waals surface area contributed by atoms with Gasteiger partial charge in [-0.2, -0.15) is 0 Å². The van der Waals surface area contributed by atoms with E-state index >= 15 is 0 Å². The van der Waals surface area contributed by atoms with Gasteiger partial charge in [-0.3, -0.25) is 9.78 Å². The summed E-state index contributed by atoms with van der Waals surface area (Å²) in [6, 6.07) is 2.15. The number of hydrogen-bond acceptors (Lipinski definition) is 3. The monoisotopic (exact) mass is 267 g/mol. The topological polar surface area (TPSA) is 54.0 Å². The maximum atomic E-state index is 11.8. The van der Waals surface area contributed by atoms with Gasteiger partial charge in [0.05, 0.1) is 16.9 Å². The fourth-order valence-electron chi connectivity index (χ4n) is 2.16. The van der Waals surface area contributed by atoms with E-state index in [1.807, 2.05) is 0 Å². The van der Waals surface area contributed by atoms with Gasteiger partial charge in [0.2, 0.25) is 5.91 Å². The molecule has 5 heteroatoms. The van der Waals surface area contributed by atoms with Crippen LogP contribution in [0.1, 0.15) is 32.1 Å². The Labute approximate surface area is 112 Å². The van der Waals surface area contributed by atoms with Crippen LogP contribution in [0.15, 0.2) is 18.5 Å². The fourth-order valence-corrected chi connectivity index (χ4v) is 2.31. The third-order valence-corrected chi connectivity index (χ3v) is 3.50. The number of nitrogens with one attached hydrogen (secondary N) is 2. The van der Waals surface area contributed by atoms with Crippen molar-refractivity contribution >= 4 is 23.2 Å². The van der Waals surface area contributed by atoms with Gasteiger partial charge in [-0.25, -0.2) is 0 Å². The highest BCUT2D eigenvalue weighted by Crippen LogP contribution is 2.19. The summed E-state index contributed by atoms with van der Waals surface area (Å²) in [6.07, 6.45) is 8.23. The van der Waals surface area contributed by atoms with Gasteiger partial charge in [0.15, 0.2) is 0 Å². The van der Waals surface area contributed by atoms with Gasteiger partial charge in [0.1, 0.15) is 0 Å². The van der Waals surface area contributed by atoms with Gasteiger partial charge < -0.3 is 10.6 Å². The molecular weight excluding hydrogens is 250 g/mol. The predicted octanol–water partition coefficient (Wildman–Crippen LogP) is 2.60. The summed E-state index contributed by atoms with van der Waals surface area (Å²) in [6.45, 7) is 1.07. The van der Waals surface area contributed by atoms with E-state index in [-0.39, 0.29) is 5.91 Å². The molecule has 1 fully saturated rings. The van der Waals surface area contributed by atoms with Crippen LogP contribution in [0.2, 0.25) is 5.02 Å². The highest BCUT2D eigenvalue weighted by molar-refractivity contribution is 6.33. The average Bonchev–Trinajstić information content (AvgIpc) is 2.40. The Bertz CT molecular complexity index is 405. The van der Waals surface area contributed by atoms with Crippen LogP contribution in [-0.2, 0) is 4.79 Å². The van der Waals surface area contributed by atoms with E-state index in [1.165, 1.54) is 19.3 Å². The Balaban J connectivity index is 1.76. The van der Waals surface area contributed by atoms with Gasteiger partial charge in [0, 0.05) is 18.7 Å². The normalized spacial score (nSPS) is 19.5. The zero-order valence-corrected chi connectivity index (χ0v) is 11.0. The van der Waals surface area contributed by atoms with Gasteiger partial charge in [0.25, 0.3) is 0 Å². The first kappa shape index (κ1) is 13.3. The quantitative estimate of drug-likeness (QED) is 0.882. The van der Waals surface area contributed by atoms with E-state index in [0.29, 0.717) is 23.2 Å². The molecular formula is C13H18ClN3O. The highest BCUT2D eigenvalue weighted by atomic mass is 35.5. The van der Waals surface area contributed by atoms with Gasteiger partial charge in [-0.1, -0.05) is 18.0 Å². The number of hydrogen-bond donors (Lipinski definition) is 2. The molecule has 0 saturated carbocycles. The van der Waals surface area contributed by atoms with Gasteiger partial charge in [-0.15, -0.1) is 0 Å². The average molecular weight is 268 g/mol. The molecule has 1 aromatic rings. The second-order valence-corrected chi connectivity index (χ2v) is 5.00. The minimum atomic E-state index is -0.00252. The van der Waals surface area contributed by atoms with Crippen LogP contribution in [0.4, 0.5) is 5.69 Å². The number of aromatic nitrogens is 1. The van der Waals surface area contributed by atoms with Crippen LogP contribution in [0, 0.1) is 0 Å². The smallest absolute Gasteiger partial charge is 0.224 e. The number of halogens is 1. The Morgan fingerprint density at radius 3 is 3.17 bits per heavy atom.